The summed E-state index contributed by atoms with van der Waals surface area (Å²) >= 11 is 11.4. The molecule has 200 valence electrons. The third kappa shape index (κ3) is 6.03. The first-order chi connectivity index (χ1) is 18.4. The van der Waals surface area contributed by atoms with Crippen molar-refractivity contribution in [3.8, 4) is 11.5 Å². The zero-order chi connectivity index (χ0) is 27.2. The lowest BCUT2D eigenvalue weighted by atomic mass is 9.95. The largest absolute Gasteiger partial charge is 0.490 e. The van der Waals surface area contributed by atoms with E-state index in [0.29, 0.717) is 62.3 Å². The first-order valence-corrected chi connectivity index (χ1v) is 14.2. The summed E-state index contributed by atoms with van der Waals surface area (Å²) in [7, 11) is 0. The average Bonchev–Trinajstić information content (AvgIpc) is 3.30. The molecule has 0 saturated heterocycles. The van der Waals surface area contributed by atoms with Gasteiger partial charge < -0.3 is 19.5 Å². The van der Waals surface area contributed by atoms with Crippen molar-refractivity contribution < 1.29 is 19.0 Å². The van der Waals surface area contributed by atoms with E-state index in [1.165, 1.54) is 17.8 Å². The van der Waals surface area contributed by atoms with E-state index >= 15 is 0 Å². The summed E-state index contributed by atoms with van der Waals surface area (Å²) < 4.78 is 19.6. The number of hydrogen-bond acceptors (Lipinski definition) is 8. The predicted molar refractivity (Wildman–Crippen MR) is 153 cm³/mol. The van der Waals surface area contributed by atoms with Gasteiger partial charge >= 0.3 is 5.97 Å². The predicted octanol–water partition coefficient (Wildman–Crippen LogP) is 6.80. The van der Waals surface area contributed by atoms with E-state index in [1.54, 1.807) is 4.68 Å². The van der Waals surface area contributed by atoms with Gasteiger partial charge in [-0.25, -0.2) is 9.48 Å². The fraction of sp³-hybridized carbons (Fsp3) is 0.296. The summed E-state index contributed by atoms with van der Waals surface area (Å²) in [6.45, 7) is 10.3. The number of rotatable bonds is 11. The number of allylic oxidation sites excluding steroid dienone is 1. The van der Waals surface area contributed by atoms with Crippen molar-refractivity contribution in [1.82, 2.24) is 14.8 Å². The lowest BCUT2D eigenvalue weighted by Crippen LogP contribution is -2.29. The standard InChI is InChI=1S/C27H28BrClN4O4S/c1-5-12-37-25(34)22-16(4)30-26-31-27(38-15-17-10-8-9-11-20(17)29)32-33(26)23(22)18-13-19(28)24(36-7-3)21(14-18)35-6-2/h5,8-11,13-14,23H,1,6-7,12,15H2,2-4H3,(H,30,31,32). The van der Waals surface area contributed by atoms with Gasteiger partial charge in [0.25, 0.3) is 0 Å². The van der Waals surface area contributed by atoms with Crippen molar-refractivity contribution in [2.24, 2.45) is 0 Å². The summed E-state index contributed by atoms with van der Waals surface area (Å²) in [6.07, 6.45) is 1.53. The van der Waals surface area contributed by atoms with Gasteiger partial charge in [-0.15, -0.1) is 5.10 Å². The second-order valence-electron chi connectivity index (χ2n) is 8.19. The van der Waals surface area contributed by atoms with Crippen molar-refractivity contribution in [1.29, 1.82) is 0 Å². The van der Waals surface area contributed by atoms with Gasteiger partial charge in [0.05, 0.1) is 23.3 Å². The Balaban J connectivity index is 1.78. The zero-order valence-electron chi connectivity index (χ0n) is 21.3. The Bertz CT molecular complexity index is 1380. The highest BCUT2D eigenvalue weighted by molar-refractivity contribution is 9.10. The van der Waals surface area contributed by atoms with Crippen LogP contribution < -0.4 is 14.8 Å². The molecule has 1 aliphatic rings. The second kappa shape index (κ2) is 12.7. The van der Waals surface area contributed by atoms with E-state index in [9.17, 15) is 4.79 Å². The van der Waals surface area contributed by atoms with Gasteiger partial charge in [0.1, 0.15) is 12.6 Å². The van der Waals surface area contributed by atoms with Crippen molar-refractivity contribution in [2.45, 2.75) is 37.7 Å². The van der Waals surface area contributed by atoms with Gasteiger partial charge in [0.2, 0.25) is 11.1 Å². The Kier molecular flexibility index (Phi) is 9.40. The van der Waals surface area contributed by atoms with E-state index < -0.39 is 12.0 Å². The van der Waals surface area contributed by atoms with E-state index in [-0.39, 0.29) is 6.61 Å². The fourth-order valence-corrected chi connectivity index (χ4v) is 5.72. The first kappa shape index (κ1) is 28.1. The smallest absolute Gasteiger partial charge is 0.338 e. The number of benzene rings is 2. The summed E-state index contributed by atoms with van der Waals surface area (Å²) in [4.78, 5) is 18.0. The second-order valence-corrected chi connectivity index (χ2v) is 10.4. The molecule has 0 amide bonds. The van der Waals surface area contributed by atoms with E-state index in [2.05, 4.69) is 27.8 Å². The number of nitrogens with zero attached hydrogens (tertiary/aromatic N) is 3. The normalized spacial score (nSPS) is 14.5. The van der Waals surface area contributed by atoms with E-state index in [4.69, 9.17) is 35.9 Å². The highest BCUT2D eigenvalue weighted by Crippen LogP contribution is 2.43. The van der Waals surface area contributed by atoms with E-state index in [0.717, 1.165) is 11.1 Å². The maximum atomic E-state index is 13.3. The monoisotopic (exact) mass is 618 g/mol. The molecule has 0 fully saturated rings. The molecule has 8 nitrogen and oxygen atoms in total. The molecular formula is C27H28BrClN4O4S. The number of halogens is 2. The molecule has 0 saturated carbocycles. The highest BCUT2D eigenvalue weighted by atomic mass is 79.9. The Hall–Kier alpha value is -2.95. The molecule has 0 spiro atoms. The third-order valence-electron chi connectivity index (χ3n) is 5.64. The molecule has 11 heteroatoms. The molecule has 0 bridgehead atoms. The van der Waals surface area contributed by atoms with Gasteiger partial charge in [-0.05, 0) is 66.0 Å². The lowest BCUT2D eigenvalue weighted by Gasteiger charge is -2.28. The lowest BCUT2D eigenvalue weighted by molar-refractivity contribution is -0.138. The first-order valence-electron chi connectivity index (χ1n) is 12.0. The fourth-order valence-electron chi connectivity index (χ4n) is 4.03. The van der Waals surface area contributed by atoms with Crippen LogP contribution in [0.15, 0.2) is 70.0 Å². The van der Waals surface area contributed by atoms with Gasteiger partial charge in [-0.3, -0.25) is 0 Å². The Morgan fingerprint density at radius 2 is 2.03 bits per heavy atom. The molecule has 2 aromatic carbocycles. The van der Waals surface area contributed by atoms with Crippen LogP contribution in [0, 0.1) is 0 Å². The maximum Gasteiger partial charge on any atom is 0.338 e. The molecule has 1 aliphatic heterocycles. The third-order valence-corrected chi connectivity index (χ3v) is 7.48. The Morgan fingerprint density at radius 1 is 1.26 bits per heavy atom. The van der Waals surface area contributed by atoms with Crippen LogP contribution >= 0.6 is 39.3 Å². The summed E-state index contributed by atoms with van der Waals surface area (Å²) in [5, 5.41) is 9.23. The molecule has 1 aromatic heterocycles. The molecule has 0 aliphatic carbocycles. The number of esters is 1. The number of hydrogen-bond donors (Lipinski definition) is 1. The van der Waals surface area contributed by atoms with Crippen molar-refractivity contribution in [3.05, 3.63) is 80.9 Å². The topological polar surface area (TPSA) is 87.5 Å². The van der Waals surface area contributed by atoms with Gasteiger partial charge in [-0.2, -0.15) is 4.98 Å². The van der Waals surface area contributed by atoms with Crippen LogP contribution in [-0.4, -0.2) is 40.6 Å². The molecule has 1 N–H and O–H groups in total. The number of carbonyl (C=O) groups is 1. The summed E-state index contributed by atoms with van der Waals surface area (Å²) in [5.74, 6) is 1.78. The SMILES string of the molecule is C=CCOC(=O)C1=C(C)Nc2nc(SCc3ccccc3Cl)nn2C1c1cc(Br)c(OCC)c(OCC)c1. The highest BCUT2D eigenvalue weighted by Gasteiger charge is 2.36. The van der Waals surface area contributed by atoms with Crippen LogP contribution in [0.2, 0.25) is 5.02 Å². The van der Waals surface area contributed by atoms with Crippen LogP contribution in [0.3, 0.4) is 0 Å². The van der Waals surface area contributed by atoms with Crippen LogP contribution in [-0.2, 0) is 15.3 Å². The van der Waals surface area contributed by atoms with Crippen LogP contribution in [0.5, 0.6) is 11.5 Å². The molecule has 2 heterocycles. The maximum absolute atomic E-state index is 13.3. The number of aromatic nitrogens is 3. The summed E-state index contributed by atoms with van der Waals surface area (Å²) in [6, 6.07) is 10.8. The van der Waals surface area contributed by atoms with Crippen LogP contribution in [0.1, 0.15) is 37.9 Å². The van der Waals surface area contributed by atoms with Crippen molar-refractivity contribution in [2.75, 3.05) is 25.1 Å². The molecular weight excluding hydrogens is 592 g/mol. The number of nitrogens with one attached hydrogen (secondary N) is 1. The van der Waals surface area contributed by atoms with Crippen molar-refractivity contribution >= 4 is 51.2 Å². The zero-order valence-corrected chi connectivity index (χ0v) is 24.5. The number of fused-ring (bicyclic) bond motifs is 1. The number of ether oxygens (including phenoxy) is 3. The minimum atomic E-state index is -0.628. The quantitative estimate of drug-likeness (QED) is 0.142. The average molecular weight is 620 g/mol. The molecule has 38 heavy (non-hydrogen) atoms. The van der Waals surface area contributed by atoms with Crippen LogP contribution in [0.4, 0.5) is 5.95 Å². The number of thioether (sulfide) groups is 1. The molecule has 0 radical (unpaired) electrons. The van der Waals surface area contributed by atoms with Gasteiger partial charge in [-0.1, -0.05) is 54.2 Å². The molecule has 1 unspecified atom stereocenters. The number of carbonyl (C=O) groups excluding carboxylic acids is 1. The van der Waals surface area contributed by atoms with Crippen LogP contribution in [0.25, 0.3) is 0 Å². The Morgan fingerprint density at radius 3 is 2.74 bits per heavy atom. The minimum Gasteiger partial charge on any atom is -0.490 e. The molecule has 4 rings (SSSR count). The van der Waals surface area contributed by atoms with Gasteiger partial charge in [0, 0.05) is 16.5 Å². The van der Waals surface area contributed by atoms with E-state index in [1.807, 2.05) is 57.2 Å². The number of anilines is 1. The summed E-state index contributed by atoms with van der Waals surface area (Å²) in [5.41, 5.74) is 2.76. The molecule has 1 atom stereocenters. The van der Waals surface area contributed by atoms with Gasteiger partial charge in [0.15, 0.2) is 11.5 Å². The Labute approximate surface area is 239 Å². The van der Waals surface area contributed by atoms with Crippen molar-refractivity contribution in [3.63, 3.8) is 0 Å². The minimum absolute atomic E-state index is 0.0860. The molecule has 3 aromatic rings.